The lowest BCUT2D eigenvalue weighted by Gasteiger charge is -2.38. The van der Waals surface area contributed by atoms with Crippen LogP contribution in [0.3, 0.4) is 0 Å². The minimum Gasteiger partial charge on any atom is -0.374 e. The Kier molecular flexibility index (Phi) is 2.92. The third-order valence-electron chi connectivity index (χ3n) is 3.54. The molecule has 1 saturated carbocycles. The van der Waals surface area contributed by atoms with Crippen LogP contribution in [0.15, 0.2) is 12.3 Å². The topological polar surface area (TPSA) is 25.4 Å². The van der Waals surface area contributed by atoms with Crippen LogP contribution in [0.25, 0.3) is 0 Å². The molecular formula is C12H14ClFN2O. The SMILES string of the molecule is Fc1cc(Cl)cnc1N1CCOC2CCCC21. The Hall–Kier alpha value is -0.870. The highest BCUT2D eigenvalue weighted by molar-refractivity contribution is 6.30. The normalized spacial score (nSPS) is 28.2. The second-order valence-corrected chi connectivity index (χ2v) is 5.00. The summed E-state index contributed by atoms with van der Waals surface area (Å²) in [6.45, 7) is 1.34. The minimum absolute atomic E-state index is 0.237. The molecule has 2 unspecified atom stereocenters. The first kappa shape index (κ1) is 11.2. The van der Waals surface area contributed by atoms with Crippen LogP contribution in [0.1, 0.15) is 19.3 Å². The lowest BCUT2D eigenvalue weighted by Crippen LogP contribution is -2.49. The van der Waals surface area contributed by atoms with Gasteiger partial charge in [0.1, 0.15) is 0 Å². The van der Waals surface area contributed by atoms with E-state index in [-0.39, 0.29) is 18.0 Å². The summed E-state index contributed by atoms with van der Waals surface area (Å²) < 4.78 is 19.6. The Morgan fingerprint density at radius 3 is 3.18 bits per heavy atom. The van der Waals surface area contributed by atoms with Crippen molar-refractivity contribution in [1.82, 2.24) is 4.98 Å². The third-order valence-corrected chi connectivity index (χ3v) is 3.75. The van der Waals surface area contributed by atoms with E-state index in [1.54, 1.807) is 0 Å². The van der Waals surface area contributed by atoms with Crippen molar-refractivity contribution in [2.75, 3.05) is 18.1 Å². The summed E-state index contributed by atoms with van der Waals surface area (Å²) in [6.07, 6.45) is 4.99. The fraction of sp³-hybridized carbons (Fsp3) is 0.583. The molecule has 2 fully saturated rings. The van der Waals surface area contributed by atoms with E-state index in [0.717, 1.165) is 19.3 Å². The molecule has 0 amide bonds. The van der Waals surface area contributed by atoms with E-state index in [2.05, 4.69) is 4.98 Å². The summed E-state index contributed by atoms with van der Waals surface area (Å²) in [5, 5.41) is 0.336. The molecule has 17 heavy (non-hydrogen) atoms. The largest absolute Gasteiger partial charge is 0.374 e. The predicted molar refractivity (Wildman–Crippen MR) is 63.9 cm³/mol. The molecule has 1 aliphatic heterocycles. The molecule has 1 aromatic heterocycles. The van der Waals surface area contributed by atoms with E-state index in [4.69, 9.17) is 16.3 Å². The van der Waals surface area contributed by atoms with E-state index in [0.29, 0.717) is 24.0 Å². The summed E-state index contributed by atoms with van der Waals surface area (Å²) in [5.41, 5.74) is 0. The Balaban J connectivity index is 1.91. The van der Waals surface area contributed by atoms with Crippen LogP contribution in [0, 0.1) is 5.82 Å². The molecule has 2 heterocycles. The van der Waals surface area contributed by atoms with Crippen LogP contribution in [0.5, 0.6) is 0 Å². The van der Waals surface area contributed by atoms with Gasteiger partial charge in [0.05, 0.1) is 23.8 Å². The van der Waals surface area contributed by atoms with Crippen LogP contribution in [-0.4, -0.2) is 30.3 Å². The Morgan fingerprint density at radius 1 is 1.47 bits per heavy atom. The highest BCUT2D eigenvalue weighted by atomic mass is 35.5. The van der Waals surface area contributed by atoms with Crippen LogP contribution >= 0.6 is 11.6 Å². The fourth-order valence-corrected chi connectivity index (χ4v) is 2.95. The number of morpholine rings is 1. The molecule has 3 rings (SSSR count). The van der Waals surface area contributed by atoms with Crippen LogP contribution < -0.4 is 4.90 Å². The molecule has 5 heteroatoms. The molecule has 0 N–H and O–H groups in total. The molecule has 1 aliphatic carbocycles. The van der Waals surface area contributed by atoms with Crippen molar-refractivity contribution in [1.29, 1.82) is 0 Å². The standard InChI is InChI=1S/C12H14ClFN2O/c13-8-6-9(14)12(15-7-8)16-4-5-17-11-3-1-2-10(11)16/h6-7,10-11H,1-5H2. The number of rotatable bonds is 1. The number of hydrogen-bond acceptors (Lipinski definition) is 3. The van der Waals surface area contributed by atoms with Gasteiger partial charge in [0.15, 0.2) is 11.6 Å². The number of aromatic nitrogens is 1. The number of fused-ring (bicyclic) bond motifs is 1. The van der Waals surface area contributed by atoms with Crippen LogP contribution in [-0.2, 0) is 4.74 Å². The second kappa shape index (κ2) is 4.42. The Bertz CT molecular complexity index is 429. The first-order valence-electron chi connectivity index (χ1n) is 5.95. The minimum atomic E-state index is -0.343. The summed E-state index contributed by atoms with van der Waals surface area (Å²) in [4.78, 5) is 6.16. The van der Waals surface area contributed by atoms with Crippen molar-refractivity contribution in [2.45, 2.75) is 31.4 Å². The van der Waals surface area contributed by atoms with Crippen molar-refractivity contribution in [3.05, 3.63) is 23.1 Å². The van der Waals surface area contributed by atoms with Gasteiger partial charge in [-0.05, 0) is 25.3 Å². The summed E-state index contributed by atoms with van der Waals surface area (Å²) in [5.74, 6) is 0.0691. The highest BCUT2D eigenvalue weighted by Gasteiger charge is 2.37. The van der Waals surface area contributed by atoms with E-state index in [1.807, 2.05) is 4.90 Å². The van der Waals surface area contributed by atoms with Crippen molar-refractivity contribution >= 4 is 17.4 Å². The maximum absolute atomic E-state index is 13.9. The van der Waals surface area contributed by atoms with Crippen molar-refractivity contribution in [3.8, 4) is 0 Å². The maximum Gasteiger partial charge on any atom is 0.167 e. The van der Waals surface area contributed by atoms with Gasteiger partial charge >= 0.3 is 0 Å². The van der Waals surface area contributed by atoms with Gasteiger partial charge in [-0.25, -0.2) is 9.37 Å². The molecule has 92 valence electrons. The summed E-state index contributed by atoms with van der Waals surface area (Å²) in [7, 11) is 0. The molecule has 0 spiro atoms. The highest BCUT2D eigenvalue weighted by Crippen LogP contribution is 2.33. The molecule has 2 atom stereocenters. The number of anilines is 1. The smallest absolute Gasteiger partial charge is 0.167 e. The van der Waals surface area contributed by atoms with Crippen molar-refractivity contribution in [3.63, 3.8) is 0 Å². The average molecular weight is 257 g/mol. The van der Waals surface area contributed by atoms with E-state index >= 15 is 0 Å². The number of pyridine rings is 1. The first-order valence-corrected chi connectivity index (χ1v) is 6.33. The monoisotopic (exact) mass is 256 g/mol. The fourth-order valence-electron chi connectivity index (χ4n) is 2.81. The molecule has 0 aromatic carbocycles. The molecule has 1 saturated heterocycles. The van der Waals surface area contributed by atoms with Crippen LogP contribution in [0.4, 0.5) is 10.2 Å². The van der Waals surface area contributed by atoms with Crippen molar-refractivity contribution < 1.29 is 9.13 Å². The first-order chi connectivity index (χ1) is 8.25. The number of halogens is 2. The Morgan fingerprint density at radius 2 is 2.35 bits per heavy atom. The third kappa shape index (κ3) is 2.00. The van der Waals surface area contributed by atoms with Gasteiger partial charge in [-0.15, -0.1) is 0 Å². The van der Waals surface area contributed by atoms with Gasteiger partial charge in [0, 0.05) is 12.7 Å². The summed E-state index contributed by atoms with van der Waals surface area (Å²) in [6, 6.07) is 1.59. The zero-order valence-electron chi connectivity index (χ0n) is 9.40. The molecule has 1 aromatic rings. The molecule has 0 bridgehead atoms. The van der Waals surface area contributed by atoms with Gasteiger partial charge in [-0.1, -0.05) is 11.6 Å². The number of ether oxygens (including phenoxy) is 1. The van der Waals surface area contributed by atoms with E-state index in [9.17, 15) is 4.39 Å². The maximum atomic E-state index is 13.9. The average Bonchev–Trinajstić information content (AvgIpc) is 2.77. The van der Waals surface area contributed by atoms with Gasteiger partial charge < -0.3 is 9.64 Å². The number of hydrogen-bond donors (Lipinski definition) is 0. The van der Waals surface area contributed by atoms with Crippen molar-refractivity contribution in [2.24, 2.45) is 0 Å². The molecular weight excluding hydrogens is 243 g/mol. The van der Waals surface area contributed by atoms with Gasteiger partial charge in [0.25, 0.3) is 0 Å². The lowest BCUT2D eigenvalue weighted by molar-refractivity contribution is 0.0250. The zero-order chi connectivity index (χ0) is 11.8. The molecule has 3 nitrogen and oxygen atoms in total. The van der Waals surface area contributed by atoms with Gasteiger partial charge in [-0.3, -0.25) is 0 Å². The van der Waals surface area contributed by atoms with E-state index < -0.39 is 0 Å². The summed E-state index contributed by atoms with van der Waals surface area (Å²) >= 11 is 5.72. The van der Waals surface area contributed by atoms with Gasteiger partial charge in [0.2, 0.25) is 0 Å². The quantitative estimate of drug-likeness (QED) is 0.772. The molecule has 2 aliphatic rings. The zero-order valence-corrected chi connectivity index (χ0v) is 10.2. The lowest BCUT2D eigenvalue weighted by atomic mass is 10.1. The number of nitrogens with zero attached hydrogens (tertiary/aromatic N) is 2. The molecule has 0 radical (unpaired) electrons. The Labute approximate surface area is 105 Å². The predicted octanol–water partition coefficient (Wildman–Crippen LogP) is 2.63. The van der Waals surface area contributed by atoms with Gasteiger partial charge in [-0.2, -0.15) is 0 Å². The van der Waals surface area contributed by atoms with Crippen LogP contribution in [0.2, 0.25) is 5.02 Å². The van der Waals surface area contributed by atoms with E-state index in [1.165, 1.54) is 12.3 Å². The second-order valence-electron chi connectivity index (χ2n) is 4.56.